The van der Waals surface area contributed by atoms with E-state index in [-0.39, 0.29) is 11.8 Å². The fourth-order valence-corrected chi connectivity index (χ4v) is 4.87. The van der Waals surface area contributed by atoms with Crippen molar-refractivity contribution in [1.29, 1.82) is 0 Å². The number of hydrogen-bond donors (Lipinski definition) is 1. The molecule has 4 aromatic rings. The number of para-hydroxylation sites is 2. The highest BCUT2D eigenvalue weighted by molar-refractivity contribution is 7.22. The normalized spacial score (nSPS) is 14.5. The van der Waals surface area contributed by atoms with Crippen LogP contribution in [-0.2, 0) is 4.79 Å². The maximum absolute atomic E-state index is 12.7. The summed E-state index contributed by atoms with van der Waals surface area (Å²) < 4.78 is 6.50. The third-order valence-corrected chi connectivity index (χ3v) is 6.70. The second-order valence-electron chi connectivity index (χ2n) is 7.71. The smallest absolute Gasteiger partial charge is 0.229 e. The number of piperidine rings is 1. The van der Waals surface area contributed by atoms with Gasteiger partial charge in [-0.2, -0.15) is 0 Å². The number of ether oxygens (including phenoxy) is 1. The van der Waals surface area contributed by atoms with E-state index in [2.05, 4.69) is 25.4 Å². The molecule has 7 nitrogen and oxygen atoms in total. The first-order valence-electron chi connectivity index (χ1n) is 10.6. The summed E-state index contributed by atoms with van der Waals surface area (Å²) in [6, 6.07) is 19.6. The van der Waals surface area contributed by atoms with Crippen LogP contribution in [0.25, 0.3) is 21.5 Å². The zero-order valence-corrected chi connectivity index (χ0v) is 18.5. The Labute approximate surface area is 190 Å². The van der Waals surface area contributed by atoms with Crippen molar-refractivity contribution in [1.82, 2.24) is 15.2 Å². The SMILES string of the molecule is COc1ccccc1-c1ccc(N2CCC(C(=O)Nc3nc4ccccc4s3)CC2)nn1. The Hall–Kier alpha value is -3.52. The van der Waals surface area contributed by atoms with Crippen molar-refractivity contribution in [3.8, 4) is 17.0 Å². The van der Waals surface area contributed by atoms with Gasteiger partial charge < -0.3 is 15.0 Å². The van der Waals surface area contributed by atoms with Crippen molar-refractivity contribution in [3.63, 3.8) is 0 Å². The van der Waals surface area contributed by atoms with Crippen LogP contribution in [0.2, 0.25) is 0 Å². The molecule has 0 saturated carbocycles. The average molecular weight is 446 g/mol. The minimum Gasteiger partial charge on any atom is -0.496 e. The van der Waals surface area contributed by atoms with Gasteiger partial charge in [0.1, 0.15) is 5.75 Å². The summed E-state index contributed by atoms with van der Waals surface area (Å²) in [6.07, 6.45) is 1.54. The number of amides is 1. The lowest BCUT2D eigenvalue weighted by molar-refractivity contribution is -0.120. The van der Waals surface area contributed by atoms with Crippen LogP contribution in [0.15, 0.2) is 60.7 Å². The van der Waals surface area contributed by atoms with Gasteiger partial charge in [0, 0.05) is 24.6 Å². The predicted octanol–water partition coefficient (Wildman–Crippen LogP) is 4.62. The van der Waals surface area contributed by atoms with E-state index >= 15 is 0 Å². The number of carbonyl (C=O) groups excluding carboxylic acids is 1. The van der Waals surface area contributed by atoms with Gasteiger partial charge in [0.25, 0.3) is 0 Å². The number of aromatic nitrogens is 3. The Kier molecular flexibility index (Phi) is 5.68. The molecule has 0 spiro atoms. The van der Waals surface area contributed by atoms with E-state index in [1.54, 1.807) is 7.11 Å². The number of benzene rings is 2. The van der Waals surface area contributed by atoms with Crippen LogP contribution in [0.1, 0.15) is 12.8 Å². The van der Waals surface area contributed by atoms with E-state index in [1.807, 2.05) is 60.7 Å². The van der Waals surface area contributed by atoms with E-state index in [9.17, 15) is 4.79 Å². The molecule has 0 radical (unpaired) electrons. The summed E-state index contributed by atoms with van der Waals surface area (Å²) in [5.74, 6) is 1.61. The van der Waals surface area contributed by atoms with Crippen LogP contribution in [0.3, 0.4) is 0 Å². The van der Waals surface area contributed by atoms with Gasteiger partial charge in [-0.3, -0.25) is 4.79 Å². The third-order valence-electron chi connectivity index (χ3n) is 5.75. The molecule has 0 atom stereocenters. The lowest BCUT2D eigenvalue weighted by Gasteiger charge is -2.31. The Morgan fingerprint density at radius 2 is 1.81 bits per heavy atom. The largest absolute Gasteiger partial charge is 0.496 e. The van der Waals surface area contributed by atoms with Gasteiger partial charge in [-0.15, -0.1) is 10.2 Å². The highest BCUT2D eigenvalue weighted by atomic mass is 32.1. The standard InChI is InChI=1S/C24H23N5O2S/c1-31-20-8-4-2-6-17(20)18-10-11-22(28-27-18)29-14-12-16(13-15-29)23(30)26-24-25-19-7-3-5-9-21(19)32-24/h2-11,16H,12-15H2,1H3,(H,25,26,30). The van der Waals surface area contributed by atoms with Gasteiger partial charge in [-0.05, 0) is 49.2 Å². The Morgan fingerprint density at radius 3 is 2.56 bits per heavy atom. The molecule has 2 aromatic heterocycles. The molecule has 2 aromatic carbocycles. The number of carbonyl (C=O) groups is 1. The fraction of sp³-hybridized carbons (Fsp3) is 0.250. The van der Waals surface area contributed by atoms with Gasteiger partial charge in [-0.25, -0.2) is 4.98 Å². The molecule has 0 unspecified atom stereocenters. The van der Waals surface area contributed by atoms with Gasteiger partial charge >= 0.3 is 0 Å². The Balaban J connectivity index is 1.20. The molecule has 0 bridgehead atoms. The van der Waals surface area contributed by atoms with Crippen molar-refractivity contribution < 1.29 is 9.53 Å². The predicted molar refractivity (Wildman–Crippen MR) is 127 cm³/mol. The second-order valence-corrected chi connectivity index (χ2v) is 8.75. The van der Waals surface area contributed by atoms with Crippen LogP contribution in [0.4, 0.5) is 10.9 Å². The van der Waals surface area contributed by atoms with Crippen LogP contribution < -0.4 is 15.0 Å². The molecular formula is C24H23N5O2S. The van der Waals surface area contributed by atoms with Crippen LogP contribution >= 0.6 is 11.3 Å². The molecule has 32 heavy (non-hydrogen) atoms. The topological polar surface area (TPSA) is 80.2 Å². The summed E-state index contributed by atoms with van der Waals surface area (Å²) in [4.78, 5) is 19.4. The molecule has 162 valence electrons. The molecule has 1 N–H and O–H groups in total. The first kappa shape index (κ1) is 20.4. The third kappa shape index (κ3) is 4.13. The molecule has 0 aliphatic carbocycles. The zero-order valence-electron chi connectivity index (χ0n) is 17.7. The molecule has 5 rings (SSSR count). The molecule has 1 fully saturated rings. The number of methoxy groups -OCH3 is 1. The van der Waals surface area contributed by atoms with E-state index in [1.165, 1.54) is 11.3 Å². The Bertz CT molecular complexity index is 1200. The van der Waals surface area contributed by atoms with Crippen molar-refractivity contribution in [2.75, 3.05) is 30.4 Å². The number of fused-ring (bicyclic) bond motifs is 1. The quantitative estimate of drug-likeness (QED) is 0.483. The number of nitrogens with one attached hydrogen (secondary N) is 1. The maximum atomic E-state index is 12.7. The minimum atomic E-state index is -0.0286. The Morgan fingerprint density at radius 1 is 1.03 bits per heavy atom. The van der Waals surface area contributed by atoms with E-state index < -0.39 is 0 Å². The summed E-state index contributed by atoms with van der Waals surface area (Å²) in [7, 11) is 1.65. The molecular weight excluding hydrogens is 422 g/mol. The number of hydrogen-bond acceptors (Lipinski definition) is 7. The first-order chi connectivity index (χ1) is 15.7. The number of nitrogens with zero attached hydrogens (tertiary/aromatic N) is 4. The van der Waals surface area contributed by atoms with Gasteiger partial charge in [0.2, 0.25) is 5.91 Å². The summed E-state index contributed by atoms with van der Waals surface area (Å²) >= 11 is 1.51. The van der Waals surface area contributed by atoms with Crippen molar-refractivity contribution in [2.45, 2.75) is 12.8 Å². The van der Waals surface area contributed by atoms with Gasteiger partial charge in [0.05, 0.1) is 23.0 Å². The highest BCUT2D eigenvalue weighted by Crippen LogP contribution is 2.30. The van der Waals surface area contributed by atoms with E-state index in [4.69, 9.17) is 4.74 Å². The summed E-state index contributed by atoms with van der Waals surface area (Å²) in [6.45, 7) is 1.53. The van der Waals surface area contributed by atoms with Crippen molar-refractivity contribution in [2.24, 2.45) is 5.92 Å². The number of rotatable bonds is 5. The maximum Gasteiger partial charge on any atom is 0.229 e. The molecule has 1 saturated heterocycles. The molecule has 1 aliphatic heterocycles. The molecule has 8 heteroatoms. The monoisotopic (exact) mass is 445 g/mol. The first-order valence-corrected chi connectivity index (χ1v) is 11.4. The van der Waals surface area contributed by atoms with Gasteiger partial charge in [0.15, 0.2) is 10.9 Å². The minimum absolute atomic E-state index is 0.0286. The van der Waals surface area contributed by atoms with E-state index in [0.29, 0.717) is 5.13 Å². The van der Waals surface area contributed by atoms with E-state index in [0.717, 1.165) is 59.0 Å². The average Bonchev–Trinajstić information content (AvgIpc) is 3.26. The number of anilines is 2. The lowest BCUT2D eigenvalue weighted by Crippen LogP contribution is -2.38. The summed E-state index contributed by atoms with van der Waals surface area (Å²) in [5, 5.41) is 12.5. The second kappa shape index (κ2) is 8.92. The van der Waals surface area contributed by atoms with Gasteiger partial charge in [-0.1, -0.05) is 35.6 Å². The van der Waals surface area contributed by atoms with Crippen molar-refractivity contribution in [3.05, 3.63) is 60.7 Å². The van der Waals surface area contributed by atoms with Crippen LogP contribution in [0, 0.1) is 5.92 Å². The lowest BCUT2D eigenvalue weighted by atomic mass is 9.96. The molecule has 1 aliphatic rings. The summed E-state index contributed by atoms with van der Waals surface area (Å²) in [5.41, 5.74) is 2.60. The fourth-order valence-electron chi connectivity index (χ4n) is 4.00. The molecule has 1 amide bonds. The zero-order chi connectivity index (χ0) is 21.9. The number of thiazole rings is 1. The van der Waals surface area contributed by atoms with Crippen molar-refractivity contribution >= 4 is 38.4 Å². The highest BCUT2D eigenvalue weighted by Gasteiger charge is 2.26. The molecule has 3 heterocycles. The van der Waals surface area contributed by atoms with Crippen LogP contribution in [0.5, 0.6) is 5.75 Å². The van der Waals surface area contributed by atoms with Crippen LogP contribution in [-0.4, -0.2) is 41.3 Å².